The maximum Gasteiger partial charge on any atom is 0.333 e. The second-order valence-electron chi connectivity index (χ2n) is 10.7. The lowest BCUT2D eigenvalue weighted by atomic mass is 9.77. The van der Waals surface area contributed by atoms with Crippen molar-refractivity contribution < 1.29 is 14.3 Å². The van der Waals surface area contributed by atoms with Gasteiger partial charge in [-0.1, -0.05) is 83.4 Å². The summed E-state index contributed by atoms with van der Waals surface area (Å²) in [5.41, 5.74) is 2.14. The van der Waals surface area contributed by atoms with E-state index >= 15 is 0 Å². The zero-order chi connectivity index (χ0) is 24.0. The number of benzene rings is 1. The average Bonchev–Trinajstić information content (AvgIpc) is 3.18. The quantitative estimate of drug-likeness (QED) is 0.138. The SMILES string of the molecule is C=C1CC(CCCCCCCOc2ccc(C3CCC(CCCCCCC)CC3)cc2)OC1=O. The first-order valence-corrected chi connectivity index (χ1v) is 14.3. The third-order valence-corrected chi connectivity index (χ3v) is 7.89. The van der Waals surface area contributed by atoms with Crippen LogP contribution < -0.4 is 4.74 Å². The van der Waals surface area contributed by atoms with Gasteiger partial charge < -0.3 is 9.47 Å². The minimum atomic E-state index is -0.203. The van der Waals surface area contributed by atoms with E-state index in [0.29, 0.717) is 12.0 Å². The first-order chi connectivity index (χ1) is 16.7. The fourth-order valence-corrected chi connectivity index (χ4v) is 5.65. The summed E-state index contributed by atoms with van der Waals surface area (Å²) in [6, 6.07) is 8.95. The monoisotopic (exact) mass is 468 g/mol. The molecule has 0 radical (unpaired) electrons. The molecule has 0 bridgehead atoms. The van der Waals surface area contributed by atoms with Gasteiger partial charge in [-0.05, 0) is 74.5 Å². The maximum absolute atomic E-state index is 11.3. The van der Waals surface area contributed by atoms with Gasteiger partial charge in [0.15, 0.2) is 0 Å². The lowest BCUT2D eigenvalue weighted by molar-refractivity contribution is -0.139. The van der Waals surface area contributed by atoms with Crippen molar-refractivity contribution in [2.45, 2.75) is 128 Å². The van der Waals surface area contributed by atoms with E-state index in [2.05, 4.69) is 37.8 Å². The zero-order valence-electron chi connectivity index (χ0n) is 21.7. The highest BCUT2D eigenvalue weighted by Gasteiger charge is 2.26. The molecule has 0 spiro atoms. The molecule has 2 fully saturated rings. The molecule has 1 aromatic carbocycles. The molecule has 1 saturated carbocycles. The number of carbonyl (C=O) groups is 1. The first kappa shape index (κ1) is 26.8. The molecule has 1 heterocycles. The minimum Gasteiger partial charge on any atom is -0.494 e. The number of cyclic esters (lactones) is 1. The van der Waals surface area contributed by atoms with Crippen LogP contribution in [-0.2, 0) is 9.53 Å². The van der Waals surface area contributed by atoms with E-state index < -0.39 is 0 Å². The Morgan fingerprint density at radius 3 is 2.18 bits per heavy atom. The Balaban J connectivity index is 1.20. The Morgan fingerprint density at radius 2 is 1.50 bits per heavy atom. The highest BCUT2D eigenvalue weighted by atomic mass is 16.5. The summed E-state index contributed by atoms with van der Waals surface area (Å²) in [4.78, 5) is 11.3. The normalized spacial score (nSPS) is 22.7. The second-order valence-corrected chi connectivity index (χ2v) is 10.7. The molecule has 1 atom stereocenters. The van der Waals surface area contributed by atoms with E-state index in [1.54, 1.807) is 0 Å². The highest BCUT2D eigenvalue weighted by molar-refractivity contribution is 5.89. The molecule has 0 N–H and O–H groups in total. The van der Waals surface area contributed by atoms with Gasteiger partial charge in [-0.15, -0.1) is 0 Å². The number of rotatable bonds is 16. The molecule has 3 rings (SSSR count). The van der Waals surface area contributed by atoms with E-state index in [0.717, 1.165) is 43.5 Å². The smallest absolute Gasteiger partial charge is 0.333 e. The Kier molecular flexibility index (Phi) is 12.1. The lowest BCUT2D eigenvalue weighted by Crippen LogP contribution is -2.13. The van der Waals surface area contributed by atoms with E-state index in [-0.39, 0.29) is 12.1 Å². The van der Waals surface area contributed by atoms with E-state index in [4.69, 9.17) is 9.47 Å². The summed E-state index contributed by atoms with van der Waals surface area (Å²) in [6.45, 7) is 6.83. The number of esters is 1. The van der Waals surface area contributed by atoms with Crippen LogP contribution in [-0.4, -0.2) is 18.7 Å². The topological polar surface area (TPSA) is 35.5 Å². The van der Waals surface area contributed by atoms with Gasteiger partial charge in [0.1, 0.15) is 11.9 Å². The summed E-state index contributed by atoms with van der Waals surface area (Å²) in [5.74, 6) is 2.52. The van der Waals surface area contributed by atoms with Crippen LogP contribution in [0.3, 0.4) is 0 Å². The Bertz CT molecular complexity index is 699. The summed E-state index contributed by atoms with van der Waals surface area (Å²) in [7, 11) is 0. The summed E-state index contributed by atoms with van der Waals surface area (Å²) in [5, 5.41) is 0. The molecule has 1 aliphatic carbocycles. The molecular formula is C31H48O3. The van der Waals surface area contributed by atoms with Crippen LogP contribution in [0.5, 0.6) is 5.75 Å². The molecule has 34 heavy (non-hydrogen) atoms. The summed E-state index contributed by atoms with van der Waals surface area (Å²) in [6.07, 6.45) is 21.6. The largest absolute Gasteiger partial charge is 0.494 e. The van der Waals surface area contributed by atoms with Gasteiger partial charge in [0, 0.05) is 12.0 Å². The molecule has 3 nitrogen and oxygen atoms in total. The first-order valence-electron chi connectivity index (χ1n) is 14.3. The van der Waals surface area contributed by atoms with Crippen molar-refractivity contribution in [3.8, 4) is 5.75 Å². The molecule has 0 amide bonds. The van der Waals surface area contributed by atoms with Gasteiger partial charge in [0.25, 0.3) is 0 Å². The maximum atomic E-state index is 11.3. The number of unbranched alkanes of at least 4 members (excludes halogenated alkanes) is 8. The number of hydrogen-bond acceptors (Lipinski definition) is 3. The van der Waals surface area contributed by atoms with Crippen LogP contribution in [0.25, 0.3) is 0 Å². The molecule has 1 unspecified atom stereocenters. The van der Waals surface area contributed by atoms with Gasteiger partial charge in [0.2, 0.25) is 0 Å². The Hall–Kier alpha value is -1.77. The third kappa shape index (κ3) is 9.47. The van der Waals surface area contributed by atoms with Crippen molar-refractivity contribution in [3.05, 3.63) is 42.0 Å². The Morgan fingerprint density at radius 1 is 0.853 bits per heavy atom. The highest BCUT2D eigenvalue weighted by Crippen LogP contribution is 2.38. The fraction of sp³-hybridized carbons (Fsp3) is 0.710. The van der Waals surface area contributed by atoms with Crippen molar-refractivity contribution in [2.24, 2.45) is 5.92 Å². The Labute approximate surface area is 208 Å². The predicted octanol–water partition coefficient (Wildman–Crippen LogP) is 8.91. The zero-order valence-corrected chi connectivity index (χ0v) is 21.7. The molecule has 1 aliphatic heterocycles. The number of hydrogen-bond donors (Lipinski definition) is 0. The molecule has 1 aromatic rings. The van der Waals surface area contributed by atoms with Crippen LogP contribution in [0.15, 0.2) is 36.4 Å². The average molecular weight is 469 g/mol. The second kappa shape index (κ2) is 15.3. The van der Waals surface area contributed by atoms with Gasteiger partial charge in [0.05, 0.1) is 6.61 Å². The van der Waals surface area contributed by atoms with Crippen molar-refractivity contribution >= 4 is 5.97 Å². The predicted molar refractivity (Wildman–Crippen MR) is 141 cm³/mol. The van der Waals surface area contributed by atoms with Gasteiger partial charge in [-0.25, -0.2) is 4.79 Å². The molecule has 3 heteroatoms. The van der Waals surface area contributed by atoms with E-state index in [1.807, 2.05) is 0 Å². The van der Waals surface area contributed by atoms with Crippen molar-refractivity contribution in [1.29, 1.82) is 0 Å². The van der Waals surface area contributed by atoms with Crippen LogP contribution in [0.2, 0.25) is 0 Å². The van der Waals surface area contributed by atoms with Crippen LogP contribution in [0.4, 0.5) is 0 Å². The van der Waals surface area contributed by atoms with Crippen LogP contribution >= 0.6 is 0 Å². The van der Waals surface area contributed by atoms with E-state index in [1.165, 1.54) is 89.0 Å². The minimum absolute atomic E-state index is 0.0710. The van der Waals surface area contributed by atoms with Crippen molar-refractivity contribution in [3.63, 3.8) is 0 Å². The van der Waals surface area contributed by atoms with Crippen molar-refractivity contribution in [1.82, 2.24) is 0 Å². The lowest BCUT2D eigenvalue weighted by Gasteiger charge is -2.29. The number of ether oxygens (including phenoxy) is 2. The van der Waals surface area contributed by atoms with E-state index in [9.17, 15) is 4.79 Å². The van der Waals surface area contributed by atoms with Gasteiger partial charge in [-0.3, -0.25) is 0 Å². The fourth-order valence-electron chi connectivity index (χ4n) is 5.65. The third-order valence-electron chi connectivity index (χ3n) is 7.89. The van der Waals surface area contributed by atoms with Crippen LogP contribution in [0.1, 0.15) is 128 Å². The van der Waals surface area contributed by atoms with Crippen LogP contribution in [0, 0.1) is 5.92 Å². The van der Waals surface area contributed by atoms with Gasteiger partial charge in [-0.2, -0.15) is 0 Å². The van der Waals surface area contributed by atoms with Gasteiger partial charge >= 0.3 is 5.97 Å². The standard InChI is InChI=1S/C31H48O3/c1-3-4-5-7-10-13-26-15-17-27(18-16-26)28-19-21-29(22-20-28)33-23-12-9-6-8-11-14-30-24-25(2)31(32)34-30/h19-22,26-27,30H,2-18,23-24H2,1H3. The molecule has 1 saturated heterocycles. The molecule has 190 valence electrons. The molecule has 2 aliphatic rings. The number of carbonyl (C=O) groups excluding carboxylic acids is 1. The summed E-state index contributed by atoms with van der Waals surface area (Å²) < 4.78 is 11.3. The van der Waals surface area contributed by atoms with Crippen molar-refractivity contribution in [2.75, 3.05) is 6.61 Å². The summed E-state index contributed by atoms with van der Waals surface area (Å²) >= 11 is 0. The molecule has 0 aromatic heterocycles. The molecular weight excluding hydrogens is 420 g/mol.